The standard InChI is InChI=1S/C26H24Cl2N4O4S2/c1-17-24(26(33)30-31-13-3-2-4-14-31)29-32(22-12-9-19(27)16-21(22)28)25(17)18-7-10-20(11-8-18)36-38(34,35)23-6-5-15-37-23/h5-12,15-16H,2-4,13-14H2,1H3,(H,30,33). The zero-order valence-corrected chi connectivity index (χ0v) is 23.5. The smallest absolute Gasteiger partial charge is 0.348 e. The van der Waals surface area contributed by atoms with E-state index in [4.69, 9.17) is 27.4 Å². The molecule has 38 heavy (non-hydrogen) atoms. The first kappa shape index (κ1) is 26.7. The minimum Gasteiger partial charge on any atom is -0.378 e. The molecule has 1 aliphatic rings. The van der Waals surface area contributed by atoms with Gasteiger partial charge in [-0.15, -0.1) is 11.3 Å². The number of nitrogens with zero attached hydrogens (tertiary/aromatic N) is 3. The maximum Gasteiger partial charge on any atom is 0.348 e. The van der Waals surface area contributed by atoms with Gasteiger partial charge in [-0.2, -0.15) is 13.5 Å². The van der Waals surface area contributed by atoms with E-state index in [1.54, 1.807) is 58.6 Å². The average molecular weight is 592 g/mol. The monoisotopic (exact) mass is 590 g/mol. The van der Waals surface area contributed by atoms with Crippen LogP contribution < -0.4 is 9.61 Å². The summed E-state index contributed by atoms with van der Waals surface area (Å²) in [5.74, 6) is -0.144. The van der Waals surface area contributed by atoms with Gasteiger partial charge in [0, 0.05) is 29.2 Å². The SMILES string of the molecule is Cc1c(C(=O)NN2CCCCC2)nn(-c2ccc(Cl)cc2Cl)c1-c1ccc(OS(=O)(=O)c2cccs2)cc1. The highest BCUT2D eigenvalue weighted by Crippen LogP contribution is 2.34. The van der Waals surface area contributed by atoms with Gasteiger partial charge in [0.1, 0.15) is 5.75 Å². The second-order valence-electron chi connectivity index (χ2n) is 8.81. The quantitative estimate of drug-likeness (QED) is 0.261. The molecule has 1 fully saturated rings. The van der Waals surface area contributed by atoms with Gasteiger partial charge < -0.3 is 4.18 Å². The fourth-order valence-electron chi connectivity index (χ4n) is 4.32. The first-order chi connectivity index (χ1) is 18.2. The number of piperidine rings is 1. The summed E-state index contributed by atoms with van der Waals surface area (Å²) in [5, 5.41) is 9.08. The molecule has 0 saturated carbocycles. The predicted octanol–water partition coefficient (Wildman–Crippen LogP) is 6.11. The maximum absolute atomic E-state index is 13.3. The number of amides is 1. The maximum atomic E-state index is 13.3. The van der Waals surface area contributed by atoms with Gasteiger partial charge in [0.05, 0.1) is 16.4 Å². The molecule has 8 nitrogen and oxygen atoms in total. The lowest BCUT2D eigenvalue weighted by atomic mass is 10.1. The van der Waals surface area contributed by atoms with Crippen LogP contribution in [0, 0.1) is 6.92 Å². The summed E-state index contributed by atoms with van der Waals surface area (Å²) in [4.78, 5) is 13.3. The van der Waals surface area contributed by atoms with Crippen molar-refractivity contribution in [1.29, 1.82) is 0 Å². The molecule has 12 heteroatoms. The molecule has 0 bridgehead atoms. The topological polar surface area (TPSA) is 93.5 Å². The van der Waals surface area contributed by atoms with Gasteiger partial charge in [-0.25, -0.2) is 9.69 Å². The third-order valence-electron chi connectivity index (χ3n) is 6.17. The number of aromatic nitrogens is 2. The van der Waals surface area contributed by atoms with E-state index in [2.05, 4.69) is 10.5 Å². The number of hydrogen-bond acceptors (Lipinski definition) is 7. The van der Waals surface area contributed by atoms with Gasteiger partial charge in [-0.3, -0.25) is 10.2 Å². The molecule has 0 unspecified atom stereocenters. The van der Waals surface area contributed by atoms with Gasteiger partial charge in [-0.1, -0.05) is 35.7 Å². The Morgan fingerprint density at radius 2 is 1.79 bits per heavy atom. The van der Waals surface area contributed by atoms with Crippen LogP contribution in [0.3, 0.4) is 0 Å². The zero-order chi connectivity index (χ0) is 26.9. The minimum atomic E-state index is -3.92. The molecular weight excluding hydrogens is 567 g/mol. The molecule has 0 radical (unpaired) electrons. The molecule has 1 aliphatic heterocycles. The Morgan fingerprint density at radius 1 is 1.05 bits per heavy atom. The van der Waals surface area contributed by atoms with Crippen molar-refractivity contribution in [3.05, 3.63) is 81.3 Å². The highest BCUT2D eigenvalue weighted by Gasteiger charge is 2.25. The van der Waals surface area contributed by atoms with E-state index >= 15 is 0 Å². The second-order valence-corrected chi connectivity index (χ2v) is 12.4. The van der Waals surface area contributed by atoms with Gasteiger partial charge in [0.15, 0.2) is 9.90 Å². The number of halogens is 2. The number of benzene rings is 2. The Hall–Kier alpha value is -2.89. The molecule has 1 saturated heterocycles. The number of carbonyl (C=O) groups is 1. The van der Waals surface area contributed by atoms with Crippen LogP contribution in [0.2, 0.25) is 10.0 Å². The summed E-state index contributed by atoms with van der Waals surface area (Å²) in [7, 11) is -3.92. The first-order valence-corrected chi connectivity index (χ1v) is 15.0. The molecule has 3 heterocycles. The van der Waals surface area contributed by atoms with Gasteiger partial charge >= 0.3 is 10.1 Å². The first-order valence-electron chi connectivity index (χ1n) is 11.9. The molecule has 198 valence electrons. The van der Waals surface area contributed by atoms with Gasteiger partial charge in [0.25, 0.3) is 5.91 Å². The summed E-state index contributed by atoms with van der Waals surface area (Å²) in [6.45, 7) is 3.40. The third-order valence-corrected chi connectivity index (χ3v) is 9.31. The molecule has 5 rings (SSSR count). The van der Waals surface area contributed by atoms with Crippen molar-refractivity contribution in [2.24, 2.45) is 0 Å². The van der Waals surface area contributed by atoms with Crippen LogP contribution in [0.5, 0.6) is 5.75 Å². The lowest BCUT2D eigenvalue weighted by Crippen LogP contribution is -2.45. The van der Waals surface area contributed by atoms with Crippen LogP contribution in [0.15, 0.2) is 64.2 Å². The molecular formula is C26H24Cl2N4O4S2. The van der Waals surface area contributed by atoms with E-state index in [0.717, 1.165) is 43.7 Å². The van der Waals surface area contributed by atoms with Crippen molar-refractivity contribution < 1.29 is 17.4 Å². The Balaban J connectivity index is 1.52. The van der Waals surface area contributed by atoms with Gasteiger partial charge in [0.2, 0.25) is 0 Å². The fraction of sp³-hybridized carbons (Fsp3) is 0.231. The second kappa shape index (κ2) is 11.1. The Bertz CT molecular complexity index is 1560. The van der Waals surface area contributed by atoms with Crippen molar-refractivity contribution in [2.45, 2.75) is 30.4 Å². The number of carbonyl (C=O) groups excluding carboxylic acids is 1. The van der Waals surface area contributed by atoms with E-state index < -0.39 is 10.1 Å². The number of thiophene rings is 1. The molecule has 4 aromatic rings. The summed E-state index contributed by atoms with van der Waals surface area (Å²) in [6.07, 6.45) is 3.19. The summed E-state index contributed by atoms with van der Waals surface area (Å²) < 4.78 is 32.1. The molecule has 1 amide bonds. The number of nitrogens with one attached hydrogen (secondary N) is 1. The predicted molar refractivity (Wildman–Crippen MR) is 149 cm³/mol. The number of rotatable bonds is 7. The zero-order valence-electron chi connectivity index (χ0n) is 20.4. The van der Waals surface area contributed by atoms with Crippen LogP contribution in [-0.4, -0.2) is 42.2 Å². The molecule has 0 spiro atoms. The van der Waals surface area contributed by atoms with Gasteiger partial charge in [-0.05, 0) is 73.7 Å². The van der Waals surface area contributed by atoms with Crippen LogP contribution >= 0.6 is 34.5 Å². The lowest BCUT2D eigenvalue weighted by molar-refractivity contribution is 0.0743. The largest absolute Gasteiger partial charge is 0.378 e. The normalized spacial score (nSPS) is 14.4. The third kappa shape index (κ3) is 5.60. The summed E-state index contributed by atoms with van der Waals surface area (Å²) in [5.41, 5.74) is 5.75. The summed E-state index contributed by atoms with van der Waals surface area (Å²) in [6, 6.07) is 14.7. The fourth-order valence-corrected chi connectivity index (χ4v) is 6.69. The molecule has 0 aliphatic carbocycles. The highest BCUT2D eigenvalue weighted by molar-refractivity contribution is 7.89. The van der Waals surface area contributed by atoms with Crippen molar-refractivity contribution in [1.82, 2.24) is 20.2 Å². The molecule has 2 aromatic carbocycles. The Labute approximate surface area is 234 Å². The lowest BCUT2D eigenvalue weighted by Gasteiger charge is -2.26. The highest BCUT2D eigenvalue weighted by atomic mass is 35.5. The van der Waals surface area contributed by atoms with Crippen molar-refractivity contribution in [3.8, 4) is 22.7 Å². The van der Waals surface area contributed by atoms with E-state index in [0.29, 0.717) is 32.6 Å². The van der Waals surface area contributed by atoms with Crippen LogP contribution in [0.25, 0.3) is 16.9 Å². The van der Waals surface area contributed by atoms with E-state index in [1.807, 2.05) is 11.9 Å². The van der Waals surface area contributed by atoms with Crippen LogP contribution in [-0.2, 0) is 10.1 Å². The molecule has 0 atom stereocenters. The Kier molecular flexibility index (Phi) is 7.78. The van der Waals surface area contributed by atoms with Crippen LogP contribution in [0.1, 0.15) is 35.3 Å². The van der Waals surface area contributed by atoms with Crippen molar-refractivity contribution in [3.63, 3.8) is 0 Å². The van der Waals surface area contributed by atoms with Crippen molar-refractivity contribution in [2.75, 3.05) is 13.1 Å². The summed E-state index contributed by atoms with van der Waals surface area (Å²) >= 11 is 13.7. The van der Waals surface area contributed by atoms with E-state index in [-0.39, 0.29) is 21.6 Å². The molecule has 1 N–H and O–H groups in total. The Morgan fingerprint density at radius 3 is 2.45 bits per heavy atom. The average Bonchev–Trinajstić information content (AvgIpc) is 3.54. The van der Waals surface area contributed by atoms with E-state index in [1.165, 1.54) is 6.07 Å². The van der Waals surface area contributed by atoms with E-state index in [9.17, 15) is 13.2 Å². The number of hydrazine groups is 1. The minimum absolute atomic E-state index is 0.122. The van der Waals surface area contributed by atoms with Crippen molar-refractivity contribution >= 4 is 50.6 Å². The number of hydrogen-bond donors (Lipinski definition) is 1. The molecule has 2 aromatic heterocycles. The van der Waals surface area contributed by atoms with Crippen LogP contribution in [0.4, 0.5) is 0 Å².